The summed E-state index contributed by atoms with van der Waals surface area (Å²) in [5.74, 6) is -3.58. The van der Waals surface area contributed by atoms with E-state index in [9.17, 15) is 24.9 Å². The van der Waals surface area contributed by atoms with Gasteiger partial charge in [0.25, 0.3) is 0 Å². The molecular formula is C21H8Cl4O7. The number of aromatic carboxylic acids is 1. The van der Waals surface area contributed by atoms with E-state index in [2.05, 4.69) is 0 Å². The number of carboxylic acids is 1. The zero-order valence-electron chi connectivity index (χ0n) is 15.4. The van der Waals surface area contributed by atoms with Gasteiger partial charge >= 0.3 is 11.9 Å². The van der Waals surface area contributed by atoms with E-state index >= 15 is 0 Å². The van der Waals surface area contributed by atoms with Crippen molar-refractivity contribution in [1.82, 2.24) is 0 Å². The van der Waals surface area contributed by atoms with Crippen molar-refractivity contribution in [2.75, 3.05) is 0 Å². The van der Waals surface area contributed by atoms with Gasteiger partial charge in [-0.3, -0.25) is 0 Å². The minimum Gasteiger partial charge on any atom is -0.505 e. The second kappa shape index (κ2) is 6.83. The molecule has 0 atom stereocenters. The molecule has 0 aliphatic carbocycles. The van der Waals surface area contributed by atoms with E-state index in [1.54, 1.807) is 0 Å². The van der Waals surface area contributed by atoms with Crippen LogP contribution in [0.4, 0.5) is 0 Å². The highest BCUT2D eigenvalue weighted by Gasteiger charge is 2.57. The molecule has 1 spiro atoms. The number of aromatic hydroxyl groups is 2. The molecule has 3 aromatic carbocycles. The van der Waals surface area contributed by atoms with Crippen molar-refractivity contribution >= 4 is 58.3 Å². The van der Waals surface area contributed by atoms with Crippen LogP contribution >= 0.6 is 46.4 Å². The molecule has 2 aliphatic heterocycles. The van der Waals surface area contributed by atoms with Gasteiger partial charge in [-0.15, -0.1) is 0 Å². The highest BCUT2D eigenvalue weighted by Crippen LogP contribution is 2.62. The highest BCUT2D eigenvalue weighted by atomic mass is 35.5. The molecule has 0 saturated carbocycles. The van der Waals surface area contributed by atoms with E-state index in [-0.39, 0.29) is 59.4 Å². The second-order valence-electron chi connectivity index (χ2n) is 7.00. The van der Waals surface area contributed by atoms with Crippen LogP contribution in [-0.2, 0) is 10.3 Å². The Morgan fingerprint density at radius 3 is 1.94 bits per heavy atom. The van der Waals surface area contributed by atoms with E-state index in [1.165, 1.54) is 30.3 Å². The fourth-order valence-corrected chi connectivity index (χ4v) is 5.04. The number of carbonyl (C=O) groups is 2. The summed E-state index contributed by atoms with van der Waals surface area (Å²) < 4.78 is 11.6. The lowest BCUT2D eigenvalue weighted by atomic mass is 9.75. The third-order valence-corrected chi connectivity index (χ3v) is 6.65. The molecule has 0 bridgehead atoms. The van der Waals surface area contributed by atoms with Crippen LogP contribution in [0.1, 0.15) is 37.4 Å². The van der Waals surface area contributed by atoms with Gasteiger partial charge in [-0.05, 0) is 24.3 Å². The second-order valence-corrected chi connectivity index (χ2v) is 8.57. The van der Waals surface area contributed by atoms with E-state index in [1.807, 2.05) is 0 Å². The predicted molar refractivity (Wildman–Crippen MR) is 115 cm³/mol. The van der Waals surface area contributed by atoms with Crippen LogP contribution in [0.3, 0.4) is 0 Å². The maximum atomic E-state index is 12.9. The number of ether oxygens (including phenoxy) is 2. The zero-order valence-corrected chi connectivity index (χ0v) is 18.4. The van der Waals surface area contributed by atoms with E-state index < -0.39 is 29.0 Å². The molecule has 32 heavy (non-hydrogen) atoms. The first-order chi connectivity index (χ1) is 15.1. The number of hydrogen-bond acceptors (Lipinski definition) is 6. The number of hydrogen-bond donors (Lipinski definition) is 3. The third-order valence-electron chi connectivity index (χ3n) is 5.37. The molecule has 7 nitrogen and oxygen atoms in total. The lowest BCUT2D eigenvalue weighted by Gasteiger charge is -2.38. The molecule has 162 valence electrons. The molecule has 5 rings (SSSR count). The van der Waals surface area contributed by atoms with Crippen molar-refractivity contribution in [2.45, 2.75) is 5.60 Å². The maximum absolute atomic E-state index is 12.9. The van der Waals surface area contributed by atoms with Gasteiger partial charge in [-0.1, -0.05) is 52.5 Å². The van der Waals surface area contributed by atoms with Crippen molar-refractivity contribution in [3.8, 4) is 23.0 Å². The third kappa shape index (κ3) is 2.50. The van der Waals surface area contributed by atoms with E-state index in [0.29, 0.717) is 0 Å². The Balaban J connectivity index is 2.03. The SMILES string of the molecule is O=C(O)c1cccc2c1C1(OC2=O)c2cc(Cl)c(O)c(Cl)c2Oc2c1cc(Cl)c(O)c2Cl. The largest absolute Gasteiger partial charge is 0.505 e. The van der Waals surface area contributed by atoms with E-state index in [4.69, 9.17) is 55.9 Å². The van der Waals surface area contributed by atoms with Gasteiger partial charge in [-0.2, -0.15) is 0 Å². The zero-order chi connectivity index (χ0) is 23.1. The molecule has 0 saturated heterocycles. The Morgan fingerprint density at radius 1 is 0.906 bits per heavy atom. The lowest BCUT2D eigenvalue weighted by molar-refractivity contribution is 0.0218. The summed E-state index contributed by atoms with van der Waals surface area (Å²) in [4.78, 5) is 25.0. The van der Waals surface area contributed by atoms with Gasteiger partial charge in [-0.25, -0.2) is 9.59 Å². The van der Waals surface area contributed by atoms with Crippen LogP contribution in [0.2, 0.25) is 20.1 Å². The molecule has 0 fully saturated rings. The van der Waals surface area contributed by atoms with E-state index in [0.717, 1.165) is 0 Å². The van der Waals surface area contributed by atoms with Crippen molar-refractivity contribution in [1.29, 1.82) is 0 Å². The number of rotatable bonds is 1. The summed E-state index contributed by atoms with van der Waals surface area (Å²) in [6.07, 6.45) is 0. The summed E-state index contributed by atoms with van der Waals surface area (Å²) in [5, 5.41) is 29.3. The number of phenolic OH excluding ortho intramolecular Hbond substituents is 2. The Kier molecular flexibility index (Phi) is 4.49. The van der Waals surface area contributed by atoms with Crippen LogP contribution in [0.5, 0.6) is 23.0 Å². The summed E-state index contributed by atoms with van der Waals surface area (Å²) in [6, 6.07) is 6.60. The van der Waals surface area contributed by atoms with Crippen molar-refractivity contribution in [3.05, 3.63) is 78.2 Å². The first-order valence-corrected chi connectivity index (χ1v) is 10.3. The summed E-state index contributed by atoms with van der Waals surface area (Å²) in [7, 11) is 0. The molecule has 2 aliphatic rings. The van der Waals surface area contributed by atoms with Crippen LogP contribution in [-0.4, -0.2) is 27.3 Å². The number of fused-ring (bicyclic) bond motifs is 6. The summed E-state index contributed by atoms with van der Waals surface area (Å²) in [6.45, 7) is 0. The van der Waals surface area contributed by atoms with Crippen LogP contribution in [0.25, 0.3) is 0 Å². The number of phenols is 2. The van der Waals surface area contributed by atoms with Gasteiger partial charge in [0.15, 0.2) is 28.6 Å². The van der Waals surface area contributed by atoms with Crippen LogP contribution in [0, 0.1) is 0 Å². The van der Waals surface area contributed by atoms with Gasteiger partial charge in [0.1, 0.15) is 10.0 Å². The Hall–Kier alpha value is -2.84. The fraction of sp³-hybridized carbons (Fsp3) is 0.0476. The maximum Gasteiger partial charge on any atom is 0.340 e. The van der Waals surface area contributed by atoms with Crippen LogP contribution < -0.4 is 4.74 Å². The van der Waals surface area contributed by atoms with Crippen LogP contribution in [0.15, 0.2) is 30.3 Å². The lowest BCUT2D eigenvalue weighted by Crippen LogP contribution is -2.34. The molecule has 0 radical (unpaired) electrons. The average Bonchev–Trinajstić information content (AvgIpc) is 3.06. The molecular weight excluding hydrogens is 506 g/mol. The van der Waals surface area contributed by atoms with Crippen molar-refractivity contribution in [2.24, 2.45) is 0 Å². The van der Waals surface area contributed by atoms with Crippen molar-refractivity contribution in [3.63, 3.8) is 0 Å². The molecule has 2 heterocycles. The highest BCUT2D eigenvalue weighted by molar-refractivity contribution is 6.39. The monoisotopic (exact) mass is 512 g/mol. The smallest absolute Gasteiger partial charge is 0.340 e. The molecule has 0 aromatic heterocycles. The standard InChI is InChI=1S/C21H8Cl4O7/c22-10-4-8-17(13(24)15(10)26)31-18-9(5-11(23)16(27)14(18)25)21(8)12-6(19(28)29)2-1-3-7(12)20(30)32-21/h1-5,26-27H,(H,28,29). The van der Waals surface area contributed by atoms with Crippen molar-refractivity contribution < 1.29 is 34.4 Å². The Bertz CT molecular complexity index is 1340. The fourth-order valence-electron chi connectivity index (χ4n) is 4.06. The topological polar surface area (TPSA) is 113 Å². The summed E-state index contributed by atoms with van der Waals surface area (Å²) in [5.41, 5.74) is -2.17. The molecule has 0 unspecified atom stereocenters. The summed E-state index contributed by atoms with van der Waals surface area (Å²) >= 11 is 24.9. The van der Waals surface area contributed by atoms with Gasteiger partial charge < -0.3 is 24.8 Å². The number of carboxylic acid groups (broad SMARTS) is 1. The number of esters is 1. The van der Waals surface area contributed by atoms with Gasteiger partial charge in [0.05, 0.1) is 32.3 Å². The number of benzene rings is 3. The minimum absolute atomic E-state index is 0.0238. The molecule has 3 N–H and O–H groups in total. The first kappa shape index (κ1) is 21.0. The predicted octanol–water partition coefficient (Wildman–Crippen LogP) is 5.98. The normalized spacial score (nSPS) is 14.9. The minimum atomic E-state index is -1.95. The molecule has 3 aromatic rings. The number of halogens is 4. The number of carbonyl (C=O) groups excluding carboxylic acids is 1. The average molecular weight is 514 g/mol. The van der Waals surface area contributed by atoms with Gasteiger partial charge in [0.2, 0.25) is 0 Å². The Morgan fingerprint density at radius 2 is 1.44 bits per heavy atom. The molecule has 0 amide bonds. The first-order valence-electron chi connectivity index (χ1n) is 8.80. The quantitative estimate of drug-likeness (QED) is 0.343. The Labute approximate surface area is 199 Å². The van der Waals surface area contributed by atoms with Gasteiger partial charge in [0, 0.05) is 5.56 Å². The molecule has 11 heteroatoms.